The minimum absolute atomic E-state index is 0.958. The first-order chi connectivity index (χ1) is 5.75. The molecule has 1 heteroatoms. The number of hydrogen-bond acceptors (Lipinski definition) is 1. The third-order valence-corrected chi connectivity index (χ3v) is 1.86. The van der Waals surface area contributed by atoms with Crippen LogP contribution in [0.15, 0.2) is 24.3 Å². The van der Waals surface area contributed by atoms with Gasteiger partial charge in [-0.25, -0.2) is 0 Å². The second-order valence-electron chi connectivity index (χ2n) is 2.81. The predicted octanol–water partition coefficient (Wildman–Crippen LogP) is 0.834. The summed E-state index contributed by atoms with van der Waals surface area (Å²) in [5.74, 6) is 0. The SMILES string of the molecule is C=c1cccc/c1=C(/C)NCC. The van der Waals surface area contributed by atoms with E-state index in [0.717, 1.165) is 11.8 Å². The Morgan fingerprint density at radius 2 is 2.08 bits per heavy atom. The van der Waals surface area contributed by atoms with E-state index in [4.69, 9.17) is 0 Å². The normalized spacial score (nSPS) is 12.5. The second kappa shape index (κ2) is 3.96. The van der Waals surface area contributed by atoms with Gasteiger partial charge in [0.2, 0.25) is 0 Å². The van der Waals surface area contributed by atoms with E-state index in [-0.39, 0.29) is 0 Å². The fraction of sp³-hybridized carbons (Fsp3) is 0.273. The highest BCUT2D eigenvalue weighted by Crippen LogP contribution is 1.80. The third-order valence-electron chi connectivity index (χ3n) is 1.86. The molecule has 1 rings (SSSR count). The maximum atomic E-state index is 3.96. The highest BCUT2D eigenvalue weighted by molar-refractivity contribution is 5.39. The molecule has 0 spiro atoms. The van der Waals surface area contributed by atoms with Crippen LogP contribution in [0, 0.1) is 0 Å². The maximum absolute atomic E-state index is 3.96. The van der Waals surface area contributed by atoms with E-state index in [2.05, 4.69) is 31.8 Å². The summed E-state index contributed by atoms with van der Waals surface area (Å²) in [7, 11) is 0. The van der Waals surface area contributed by atoms with Crippen LogP contribution in [-0.4, -0.2) is 6.54 Å². The van der Waals surface area contributed by atoms with Crippen LogP contribution in [-0.2, 0) is 0 Å². The van der Waals surface area contributed by atoms with Crippen LogP contribution < -0.4 is 15.8 Å². The Morgan fingerprint density at radius 1 is 1.42 bits per heavy atom. The van der Waals surface area contributed by atoms with Crippen molar-refractivity contribution in [2.45, 2.75) is 13.8 Å². The molecule has 0 bridgehead atoms. The van der Waals surface area contributed by atoms with Crippen molar-refractivity contribution in [1.29, 1.82) is 0 Å². The van der Waals surface area contributed by atoms with Gasteiger partial charge in [0.05, 0.1) is 0 Å². The molecule has 1 aromatic carbocycles. The van der Waals surface area contributed by atoms with E-state index in [9.17, 15) is 0 Å². The van der Waals surface area contributed by atoms with Gasteiger partial charge >= 0.3 is 0 Å². The zero-order valence-corrected chi connectivity index (χ0v) is 7.72. The quantitative estimate of drug-likeness (QED) is 0.677. The molecule has 0 aliphatic carbocycles. The lowest BCUT2D eigenvalue weighted by Crippen LogP contribution is -2.29. The summed E-state index contributed by atoms with van der Waals surface area (Å²) in [6.45, 7) is 9.09. The number of hydrogen-bond donors (Lipinski definition) is 1. The minimum Gasteiger partial charge on any atom is -0.388 e. The minimum atomic E-state index is 0.958. The predicted molar refractivity (Wildman–Crippen MR) is 54.0 cm³/mol. The van der Waals surface area contributed by atoms with E-state index < -0.39 is 0 Å². The Labute approximate surface area is 73.4 Å². The topological polar surface area (TPSA) is 12.0 Å². The molecule has 0 aromatic heterocycles. The number of benzene rings is 1. The van der Waals surface area contributed by atoms with Crippen molar-refractivity contribution in [3.63, 3.8) is 0 Å². The Kier molecular flexibility index (Phi) is 2.92. The number of rotatable bonds is 2. The molecule has 0 saturated carbocycles. The highest BCUT2D eigenvalue weighted by atomic mass is 14.9. The lowest BCUT2D eigenvalue weighted by molar-refractivity contribution is 0.924. The second-order valence-corrected chi connectivity index (χ2v) is 2.81. The van der Waals surface area contributed by atoms with Gasteiger partial charge in [-0.2, -0.15) is 0 Å². The first-order valence-electron chi connectivity index (χ1n) is 4.24. The summed E-state index contributed by atoms with van der Waals surface area (Å²) in [5, 5.41) is 5.57. The van der Waals surface area contributed by atoms with Crippen LogP contribution in [0.5, 0.6) is 0 Å². The van der Waals surface area contributed by atoms with E-state index in [1.807, 2.05) is 18.2 Å². The Hall–Kier alpha value is -1.24. The van der Waals surface area contributed by atoms with Gasteiger partial charge in [0.1, 0.15) is 0 Å². The Balaban J connectivity index is 3.25. The van der Waals surface area contributed by atoms with E-state index in [0.29, 0.717) is 0 Å². The van der Waals surface area contributed by atoms with Crippen LogP contribution in [0.25, 0.3) is 12.3 Å². The molecule has 0 aliphatic heterocycles. The molecule has 0 amide bonds. The van der Waals surface area contributed by atoms with Crippen LogP contribution in [0.2, 0.25) is 0 Å². The maximum Gasteiger partial charge on any atom is 0.0154 e. The standard InChI is InChI=1S/C11H15N/c1-4-12-10(3)11-8-6-5-7-9(11)2/h5-8,12H,2,4H2,1,3H3/b11-10+. The molecule has 1 N–H and O–H groups in total. The molecule has 0 fully saturated rings. The fourth-order valence-electron chi connectivity index (χ4n) is 1.25. The third kappa shape index (κ3) is 1.88. The van der Waals surface area contributed by atoms with E-state index >= 15 is 0 Å². The molecule has 12 heavy (non-hydrogen) atoms. The lowest BCUT2D eigenvalue weighted by atomic mass is 10.2. The summed E-state index contributed by atoms with van der Waals surface area (Å²) < 4.78 is 0. The van der Waals surface area contributed by atoms with Gasteiger partial charge in [-0.15, -0.1) is 0 Å². The van der Waals surface area contributed by atoms with Gasteiger partial charge in [-0.1, -0.05) is 30.8 Å². The molecule has 0 aliphatic rings. The first kappa shape index (κ1) is 8.85. The van der Waals surface area contributed by atoms with Crippen molar-refractivity contribution in [1.82, 2.24) is 5.32 Å². The van der Waals surface area contributed by atoms with Crippen LogP contribution in [0.4, 0.5) is 0 Å². The molecule has 0 atom stereocenters. The van der Waals surface area contributed by atoms with E-state index in [1.54, 1.807) is 0 Å². The lowest BCUT2D eigenvalue weighted by Gasteiger charge is -2.01. The van der Waals surface area contributed by atoms with Crippen LogP contribution >= 0.6 is 0 Å². The summed E-state index contributed by atoms with van der Waals surface area (Å²) >= 11 is 0. The summed E-state index contributed by atoms with van der Waals surface area (Å²) in [5.41, 5.74) is 1.20. The van der Waals surface area contributed by atoms with Crippen molar-refractivity contribution in [2.24, 2.45) is 0 Å². The van der Waals surface area contributed by atoms with Crippen molar-refractivity contribution in [3.05, 3.63) is 34.7 Å². The Bertz CT molecular complexity index is 352. The molecule has 64 valence electrons. The van der Waals surface area contributed by atoms with Gasteiger partial charge in [0.25, 0.3) is 0 Å². The zero-order valence-electron chi connectivity index (χ0n) is 7.72. The van der Waals surface area contributed by atoms with Gasteiger partial charge in [-0.05, 0) is 24.3 Å². The molecule has 0 saturated heterocycles. The molecule has 0 unspecified atom stereocenters. The number of nitrogens with one attached hydrogen (secondary N) is 1. The molecule has 1 nitrogen and oxygen atoms in total. The van der Waals surface area contributed by atoms with Crippen LogP contribution in [0.3, 0.4) is 0 Å². The Morgan fingerprint density at radius 3 is 2.67 bits per heavy atom. The van der Waals surface area contributed by atoms with Crippen LogP contribution in [0.1, 0.15) is 13.8 Å². The van der Waals surface area contributed by atoms with E-state index in [1.165, 1.54) is 10.9 Å². The largest absolute Gasteiger partial charge is 0.388 e. The fourth-order valence-corrected chi connectivity index (χ4v) is 1.25. The molecular formula is C11H15N. The van der Waals surface area contributed by atoms with Gasteiger partial charge in [0, 0.05) is 12.2 Å². The van der Waals surface area contributed by atoms with Crippen molar-refractivity contribution in [3.8, 4) is 0 Å². The van der Waals surface area contributed by atoms with Crippen molar-refractivity contribution in [2.75, 3.05) is 6.54 Å². The van der Waals surface area contributed by atoms with Crippen molar-refractivity contribution >= 4 is 12.3 Å². The summed E-state index contributed by atoms with van der Waals surface area (Å²) in [4.78, 5) is 0. The zero-order chi connectivity index (χ0) is 8.97. The van der Waals surface area contributed by atoms with Gasteiger partial charge < -0.3 is 5.32 Å². The first-order valence-corrected chi connectivity index (χ1v) is 4.24. The van der Waals surface area contributed by atoms with Gasteiger partial charge in [-0.3, -0.25) is 0 Å². The molecule has 1 aromatic rings. The highest BCUT2D eigenvalue weighted by Gasteiger charge is 1.87. The smallest absolute Gasteiger partial charge is 0.0154 e. The monoisotopic (exact) mass is 161 g/mol. The van der Waals surface area contributed by atoms with Gasteiger partial charge in [0.15, 0.2) is 0 Å². The summed E-state index contributed by atoms with van der Waals surface area (Å²) in [6, 6.07) is 8.15. The summed E-state index contributed by atoms with van der Waals surface area (Å²) in [6.07, 6.45) is 0. The molecular weight excluding hydrogens is 146 g/mol. The average Bonchev–Trinajstić information content (AvgIpc) is 2.05. The molecule has 0 heterocycles. The average molecular weight is 161 g/mol. The molecule has 0 radical (unpaired) electrons. The van der Waals surface area contributed by atoms with Crippen molar-refractivity contribution < 1.29 is 0 Å².